The van der Waals surface area contributed by atoms with Crippen LogP contribution < -0.4 is 11.5 Å². The predicted octanol–water partition coefficient (Wildman–Crippen LogP) is 2.83. The molecule has 0 aliphatic heterocycles. The van der Waals surface area contributed by atoms with Crippen LogP contribution in [0.25, 0.3) is 0 Å². The highest BCUT2D eigenvalue weighted by Gasteiger charge is 2.02. The van der Waals surface area contributed by atoms with E-state index in [4.69, 9.17) is 11.5 Å². The van der Waals surface area contributed by atoms with E-state index in [-0.39, 0.29) is 0 Å². The van der Waals surface area contributed by atoms with Crippen molar-refractivity contribution in [2.24, 2.45) is 5.92 Å². The molecule has 0 saturated carbocycles. The van der Waals surface area contributed by atoms with E-state index >= 15 is 0 Å². The van der Waals surface area contributed by atoms with Crippen LogP contribution in [-0.2, 0) is 6.42 Å². The highest BCUT2D eigenvalue weighted by molar-refractivity contribution is 5.67. The second kappa shape index (κ2) is 4.89. The summed E-state index contributed by atoms with van der Waals surface area (Å²) in [5.41, 5.74) is 14.2. The van der Waals surface area contributed by atoms with Gasteiger partial charge < -0.3 is 11.5 Å². The summed E-state index contributed by atoms with van der Waals surface area (Å²) in [6.45, 7) is 4.48. The van der Waals surface area contributed by atoms with Crippen molar-refractivity contribution in [3.8, 4) is 0 Å². The van der Waals surface area contributed by atoms with Crippen LogP contribution in [-0.4, -0.2) is 0 Å². The van der Waals surface area contributed by atoms with Gasteiger partial charge in [0, 0.05) is 0 Å². The quantitative estimate of drug-likeness (QED) is 0.721. The van der Waals surface area contributed by atoms with Gasteiger partial charge in [0.15, 0.2) is 0 Å². The molecular formula is C12H20N2. The number of nitrogen functional groups attached to an aromatic ring is 2. The lowest BCUT2D eigenvalue weighted by atomic mass is 10.0. The number of anilines is 2. The first-order chi connectivity index (χ1) is 6.61. The Morgan fingerprint density at radius 3 is 2.57 bits per heavy atom. The van der Waals surface area contributed by atoms with E-state index in [0.717, 1.165) is 18.0 Å². The van der Waals surface area contributed by atoms with Gasteiger partial charge in [-0.25, -0.2) is 0 Å². The van der Waals surface area contributed by atoms with Crippen LogP contribution in [0, 0.1) is 5.92 Å². The van der Waals surface area contributed by atoms with E-state index in [0.29, 0.717) is 5.69 Å². The SMILES string of the molecule is CC(C)CCCc1cccc(N)c1N. The third kappa shape index (κ3) is 2.95. The van der Waals surface area contributed by atoms with Gasteiger partial charge in [-0.3, -0.25) is 0 Å². The Hall–Kier alpha value is -1.18. The molecule has 4 N–H and O–H groups in total. The number of para-hydroxylation sites is 1. The molecule has 1 rings (SSSR count). The van der Waals surface area contributed by atoms with Gasteiger partial charge in [-0.15, -0.1) is 0 Å². The van der Waals surface area contributed by atoms with Crippen LogP contribution in [0.2, 0.25) is 0 Å². The lowest BCUT2D eigenvalue weighted by Gasteiger charge is -2.08. The lowest BCUT2D eigenvalue weighted by Crippen LogP contribution is -2.00. The van der Waals surface area contributed by atoms with Crippen LogP contribution in [0.1, 0.15) is 32.3 Å². The highest BCUT2D eigenvalue weighted by atomic mass is 14.7. The van der Waals surface area contributed by atoms with Crippen molar-refractivity contribution in [3.05, 3.63) is 23.8 Å². The Balaban J connectivity index is 2.54. The molecule has 14 heavy (non-hydrogen) atoms. The van der Waals surface area contributed by atoms with Gasteiger partial charge in [0.1, 0.15) is 0 Å². The minimum atomic E-state index is 0.701. The maximum Gasteiger partial charge on any atom is 0.0580 e. The summed E-state index contributed by atoms with van der Waals surface area (Å²) < 4.78 is 0. The molecule has 78 valence electrons. The van der Waals surface area contributed by atoms with Crippen LogP contribution >= 0.6 is 0 Å². The van der Waals surface area contributed by atoms with Gasteiger partial charge >= 0.3 is 0 Å². The van der Waals surface area contributed by atoms with Crippen LogP contribution in [0.3, 0.4) is 0 Å². The largest absolute Gasteiger partial charge is 0.397 e. The Kier molecular flexibility index (Phi) is 3.81. The zero-order valence-corrected chi connectivity index (χ0v) is 9.09. The summed E-state index contributed by atoms with van der Waals surface area (Å²) in [6.07, 6.45) is 3.47. The lowest BCUT2D eigenvalue weighted by molar-refractivity contribution is 0.556. The molecule has 0 radical (unpaired) electrons. The molecule has 0 heterocycles. The monoisotopic (exact) mass is 192 g/mol. The maximum absolute atomic E-state index is 5.87. The average Bonchev–Trinajstić information content (AvgIpc) is 2.12. The van der Waals surface area contributed by atoms with Crippen molar-refractivity contribution in [2.75, 3.05) is 11.5 Å². The van der Waals surface area contributed by atoms with E-state index in [1.54, 1.807) is 0 Å². The highest BCUT2D eigenvalue weighted by Crippen LogP contribution is 2.21. The van der Waals surface area contributed by atoms with Gasteiger partial charge in [-0.05, 0) is 30.4 Å². The first-order valence-corrected chi connectivity index (χ1v) is 5.24. The normalized spacial score (nSPS) is 10.8. The first kappa shape index (κ1) is 10.9. The van der Waals surface area contributed by atoms with Gasteiger partial charge in [-0.1, -0.05) is 32.4 Å². The zero-order chi connectivity index (χ0) is 10.6. The van der Waals surface area contributed by atoms with E-state index in [9.17, 15) is 0 Å². The second-order valence-corrected chi connectivity index (χ2v) is 4.21. The molecular weight excluding hydrogens is 172 g/mol. The number of hydrogen-bond acceptors (Lipinski definition) is 2. The summed E-state index contributed by atoms with van der Waals surface area (Å²) in [5, 5.41) is 0. The van der Waals surface area contributed by atoms with Crippen molar-refractivity contribution in [3.63, 3.8) is 0 Å². The molecule has 0 amide bonds. The maximum atomic E-state index is 5.87. The minimum Gasteiger partial charge on any atom is -0.397 e. The number of hydrogen-bond donors (Lipinski definition) is 2. The third-order valence-electron chi connectivity index (χ3n) is 2.46. The molecule has 0 unspecified atom stereocenters. The standard InChI is InChI=1S/C12H20N2/c1-9(2)5-3-6-10-7-4-8-11(13)12(10)14/h4,7-9H,3,5-6,13-14H2,1-2H3. The van der Waals surface area contributed by atoms with Gasteiger partial charge in [0.2, 0.25) is 0 Å². The van der Waals surface area contributed by atoms with Gasteiger partial charge in [0.05, 0.1) is 11.4 Å². The molecule has 0 bridgehead atoms. The summed E-state index contributed by atoms with van der Waals surface area (Å²) in [6, 6.07) is 5.88. The Bertz CT molecular complexity index is 292. The smallest absolute Gasteiger partial charge is 0.0580 e. The Labute approximate surface area is 86.3 Å². The van der Waals surface area contributed by atoms with E-state index in [1.165, 1.54) is 18.4 Å². The summed E-state index contributed by atoms with van der Waals surface area (Å²) >= 11 is 0. The number of aryl methyl sites for hydroxylation is 1. The van der Waals surface area contributed by atoms with Crippen LogP contribution in [0.15, 0.2) is 18.2 Å². The Morgan fingerprint density at radius 1 is 1.21 bits per heavy atom. The van der Waals surface area contributed by atoms with Crippen LogP contribution in [0.4, 0.5) is 11.4 Å². The number of benzene rings is 1. The third-order valence-corrected chi connectivity index (χ3v) is 2.46. The predicted molar refractivity (Wildman–Crippen MR) is 63.0 cm³/mol. The topological polar surface area (TPSA) is 52.0 Å². The van der Waals surface area contributed by atoms with Crippen molar-refractivity contribution >= 4 is 11.4 Å². The minimum absolute atomic E-state index is 0.701. The first-order valence-electron chi connectivity index (χ1n) is 5.24. The molecule has 0 atom stereocenters. The fraction of sp³-hybridized carbons (Fsp3) is 0.500. The molecule has 0 aliphatic carbocycles. The molecule has 1 aromatic carbocycles. The molecule has 0 spiro atoms. The number of nitrogens with two attached hydrogens (primary N) is 2. The zero-order valence-electron chi connectivity index (χ0n) is 9.09. The fourth-order valence-corrected chi connectivity index (χ4v) is 1.55. The van der Waals surface area contributed by atoms with Crippen molar-refractivity contribution in [2.45, 2.75) is 33.1 Å². The molecule has 2 heteroatoms. The fourth-order valence-electron chi connectivity index (χ4n) is 1.55. The van der Waals surface area contributed by atoms with Crippen molar-refractivity contribution < 1.29 is 0 Å². The van der Waals surface area contributed by atoms with E-state index in [2.05, 4.69) is 19.9 Å². The second-order valence-electron chi connectivity index (χ2n) is 4.21. The molecule has 0 saturated heterocycles. The molecule has 0 fully saturated rings. The molecule has 2 nitrogen and oxygen atoms in total. The molecule has 1 aromatic rings. The van der Waals surface area contributed by atoms with Gasteiger partial charge in [0.25, 0.3) is 0 Å². The van der Waals surface area contributed by atoms with Crippen LogP contribution in [0.5, 0.6) is 0 Å². The van der Waals surface area contributed by atoms with Gasteiger partial charge in [-0.2, -0.15) is 0 Å². The Morgan fingerprint density at radius 2 is 1.93 bits per heavy atom. The number of rotatable bonds is 4. The summed E-state index contributed by atoms with van der Waals surface area (Å²) in [4.78, 5) is 0. The van der Waals surface area contributed by atoms with Crippen molar-refractivity contribution in [1.29, 1.82) is 0 Å². The van der Waals surface area contributed by atoms with E-state index < -0.39 is 0 Å². The van der Waals surface area contributed by atoms with Crippen molar-refractivity contribution in [1.82, 2.24) is 0 Å². The van der Waals surface area contributed by atoms with E-state index in [1.807, 2.05) is 12.1 Å². The summed E-state index contributed by atoms with van der Waals surface area (Å²) in [5.74, 6) is 0.761. The molecule has 0 aliphatic rings. The summed E-state index contributed by atoms with van der Waals surface area (Å²) in [7, 11) is 0. The average molecular weight is 192 g/mol. The molecule has 0 aromatic heterocycles.